The fourth-order valence-corrected chi connectivity index (χ4v) is 2.66. The molecule has 3 N–H and O–H groups in total. The largest absolute Gasteiger partial charge is 0.294 e. The molecule has 0 fully saturated rings. The zero-order valence-electron chi connectivity index (χ0n) is 9.54. The number of carbonyl (C=O) groups excluding carboxylic acids is 1. The van der Waals surface area contributed by atoms with E-state index in [4.69, 9.17) is 29.0 Å². The van der Waals surface area contributed by atoms with Crippen LogP contribution < -0.4 is 11.3 Å². The van der Waals surface area contributed by atoms with Crippen LogP contribution in [0.25, 0.3) is 0 Å². The van der Waals surface area contributed by atoms with E-state index in [1.54, 1.807) is 23.9 Å². The van der Waals surface area contributed by atoms with E-state index in [1.807, 2.05) is 19.9 Å². The summed E-state index contributed by atoms with van der Waals surface area (Å²) in [6, 6.07) is 5.41. The van der Waals surface area contributed by atoms with Crippen molar-refractivity contribution in [2.75, 3.05) is 0 Å². The second kappa shape index (κ2) is 6.50. The predicted octanol–water partition coefficient (Wildman–Crippen LogP) is 3.10. The van der Waals surface area contributed by atoms with Crippen molar-refractivity contribution in [1.29, 1.82) is 0 Å². The molecule has 1 aromatic rings. The molecule has 6 heteroatoms. The lowest BCUT2D eigenvalue weighted by atomic mass is 10.1. The Balaban J connectivity index is 2.70. The molecule has 0 radical (unpaired) electrons. The first-order valence-electron chi connectivity index (χ1n) is 5.08. The number of carbonyl (C=O) groups is 1. The Morgan fingerprint density at radius 1 is 1.35 bits per heavy atom. The first-order valence-corrected chi connectivity index (χ1v) is 6.71. The zero-order valence-corrected chi connectivity index (χ0v) is 11.9. The number of amides is 1. The van der Waals surface area contributed by atoms with Crippen LogP contribution in [0.2, 0.25) is 10.0 Å². The zero-order chi connectivity index (χ0) is 13.0. The highest BCUT2D eigenvalue weighted by molar-refractivity contribution is 8.00. The van der Waals surface area contributed by atoms with Crippen molar-refractivity contribution >= 4 is 40.9 Å². The Morgan fingerprint density at radius 2 is 2.00 bits per heavy atom. The van der Waals surface area contributed by atoms with E-state index < -0.39 is 0 Å². The topological polar surface area (TPSA) is 55.1 Å². The molecule has 0 aliphatic carbocycles. The summed E-state index contributed by atoms with van der Waals surface area (Å²) in [5.74, 6) is 4.74. The van der Waals surface area contributed by atoms with Gasteiger partial charge in [-0.15, -0.1) is 11.8 Å². The number of rotatable bonds is 4. The van der Waals surface area contributed by atoms with Crippen LogP contribution in [0.4, 0.5) is 0 Å². The minimum absolute atomic E-state index is 0.0933. The van der Waals surface area contributed by atoms with E-state index in [2.05, 4.69) is 5.43 Å². The van der Waals surface area contributed by atoms with Gasteiger partial charge in [0.05, 0.1) is 10.0 Å². The molecular weight excluding hydrogens is 279 g/mol. The average Bonchev–Trinajstić information content (AvgIpc) is 2.31. The summed E-state index contributed by atoms with van der Waals surface area (Å²) in [6.45, 7) is 3.80. The van der Waals surface area contributed by atoms with Crippen LogP contribution >= 0.6 is 35.0 Å². The maximum absolute atomic E-state index is 11.4. The van der Waals surface area contributed by atoms with Gasteiger partial charge in [-0.05, 0) is 18.2 Å². The lowest BCUT2D eigenvalue weighted by molar-refractivity contribution is -0.124. The third kappa shape index (κ3) is 4.07. The second-order valence-electron chi connectivity index (χ2n) is 3.70. The second-order valence-corrected chi connectivity index (χ2v) is 5.96. The molecule has 0 heterocycles. The first-order chi connectivity index (χ1) is 7.95. The smallest absolute Gasteiger partial charge is 0.237 e. The van der Waals surface area contributed by atoms with Gasteiger partial charge in [-0.2, -0.15) is 0 Å². The lowest BCUT2D eigenvalue weighted by Crippen LogP contribution is -2.38. The molecule has 0 aliphatic rings. The number of halogens is 2. The monoisotopic (exact) mass is 292 g/mol. The van der Waals surface area contributed by atoms with Crippen LogP contribution in [-0.4, -0.2) is 11.2 Å². The molecule has 0 aliphatic heterocycles. The number of hydrogen-bond donors (Lipinski definition) is 2. The molecule has 0 aromatic heterocycles. The quantitative estimate of drug-likeness (QED) is 0.388. The van der Waals surface area contributed by atoms with Crippen LogP contribution in [0.1, 0.15) is 13.8 Å². The van der Waals surface area contributed by atoms with Crippen molar-refractivity contribution in [2.24, 2.45) is 11.8 Å². The molecule has 94 valence electrons. The molecule has 0 saturated carbocycles. The van der Waals surface area contributed by atoms with Crippen LogP contribution in [0.5, 0.6) is 0 Å². The molecule has 3 nitrogen and oxygen atoms in total. The van der Waals surface area contributed by atoms with E-state index in [0.29, 0.717) is 10.0 Å². The summed E-state index contributed by atoms with van der Waals surface area (Å²) < 4.78 is 0. The standard InChI is InChI=1S/C11H14Cl2N2OS/c1-6(11(16)15-14)7(2)17-8-3-4-9(12)10(13)5-8/h3-7H,14H2,1-2H3,(H,15,16). The highest BCUT2D eigenvalue weighted by atomic mass is 35.5. The molecular formula is C11H14Cl2N2OS. The summed E-state index contributed by atoms with van der Waals surface area (Å²) in [7, 11) is 0. The van der Waals surface area contributed by atoms with Gasteiger partial charge in [-0.25, -0.2) is 5.84 Å². The summed E-state index contributed by atoms with van der Waals surface area (Å²) in [6.07, 6.45) is 0. The summed E-state index contributed by atoms with van der Waals surface area (Å²) in [4.78, 5) is 12.3. The normalized spacial score (nSPS) is 14.2. The molecule has 0 bridgehead atoms. The van der Waals surface area contributed by atoms with Gasteiger partial charge in [-0.1, -0.05) is 37.0 Å². The third-order valence-electron chi connectivity index (χ3n) is 2.47. The van der Waals surface area contributed by atoms with Crippen LogP contribution in [0.15, 0.2) is 23.1 Å². The van der Waals surface area contributed by atoms with Crippen LogP contribution in [-0.2, 0) is 4.79 Å². The Bertz CT molecular complexity index is 414. The molecule has 2 unspecified atom stereocenters. The number of nitrogens with two attached hydrogens (primary N) is 1. The Morgan fingerprint density at radius 3 is 2.53 bits per heavy atom. The molecule has 1 amide bonds. The van der Waals surface area contributed by atoms with E-state index in [0.717, 1.165) is 4.90 Å². The summed E-state index contributed by atoms with van der Waals surface area (Å²) in [5.41, 5.74) is 2.15. The Hall–Kier alpha value is -0.420. The molecule has 17 heavy (non-hydrogen) atoms. The first kappa shape index (κ1) is 14.6. The highest BCUT2D eigenvalue weighted by Crippen LogP contribution is 2.32. The van der Waals surface area contributed by atoms with Gasteiger partial charge < -0.3 is 0 Å². The predicted molar refractivity (Wildman–Crippen MR) is 73.3 cm³/mol. The lowest BCUT2D eigenvalue weighted by Gasteiger charge is -2.17. The number of nitrogens with one attached hydrogen (secondary N) is 1. The highest BCUT2D eigenvalue weighted by Gasteiger charge is 2.20. The molecule has 0 saturated heterocycles. The summed E-state index contributed by atoms with van der Waals surface area (Å²) in [5, 5.41) is 1.13. The van der Waals surface area contributed by atoms with Crippen molar-refractivity contribution in [1.82, 2.24) is 5.43 Å². The van der Waals surface area contributed by atoms with Crippen LogP contribution in [0, 0.1) is 5.92 Å². The average molecular weight is 293 g/mol. The van der Waals surface area contributed by atoms with Crippen molar-refractivity contribution < 1.29 is 4.79 Å². The molecule has 2 atom stereocenters. The van der Waals surface area contributed by atoms with Crippen molar-refractivity contribution in [3.05, 3.63) is 28.2 Å². The molecule has 0 spiro atoms. The minimum Gasteiger partial charge on any atom is -0.294 e. The maximum Gasteiger partial charge on any atom is 0.237 e. The minimum atomic E-state index is -0.181. The van der Waals surface area contributed by atoms with Crippen LogP contribution in [0.3, 0.4) is 0 Å². The van der Waals surface area contributed by atoms with Gasteiger partial charge in [-0.3, -0.25) is 10.2 Å². The maximum atomic E-state index is 11.4. The van der Waals surface area contributed by atoms with Gasteiger partial charge in [0.25, 0.3) is 0 Å². The van der Waals surface area contributed by atoms with Gasteiger partial charge in [0.1, 0.15) is 0 Å². The van der Waals surface area contributed by atoms with Crippen molar-refractivity contribution in [2.45, 2.75) is 24.0 Å². The van der Waals surface area contributed by atoms with Crippen molar-refractivity contribution in [3.63, 3.8) is 0 Å². The van der Waals surface area contributed by atoms with E-state index in [-0.39, 0.29) is 17.1 Å². The van der Waals surface area contributed by atoms with Gasteiger partial charge in [0, 0.05) is 16.1 Å². The number of benzene rings is 1. The van der Waals surface area contributed by atoms with Gasteiger partial charge >= 0.3 is 0 Å². The fraction of sp³-hybridized carbons (Fsp3) is 0.364. The molecule has 1 rings (SSSR count). The third-order valence-corrected chi connectivity index (χ3v) is 4.52. The fourth-order valence-electron chi connectivity index (χ4n) is 1.21. The van der Waals surface area contributed by atoms with Gasteiger partial charge in [0.2, 0.25) is 5.91 Å². The number of hydrazine groups is 1. The number of thioether (sulfide) groups is 1. The number of hydrogen-bond acceptors (Lipinski definition) is 3. The summed E-state index contributed by atoms with van der Waals surface area (Å²) >= 11 is 13.3. The van der Waals surface area contributed by atoms with Gasteiger partial charge in [0.15, 0.2) is 0 Å². The Labute approximate surface area is 115 Å². The SMILES string of the molecule is CC(Sc1ccc(Cl)c(Cl)c1)C(C)C(=O)NN. The Kier molecular flexibility index (Phi) is 5.59. The van der Waals surface area contributed by atoms with E-state index in [1.165, 1.54) is 0 Å². The molecule has 1 aromatic carbocycles. The van der Waals surface area contributed by atoms with Crippen molar-refractivity contribution in [3.8, 4) is 0 Å². The van der Waals surface area contributed by atoms with E-state index >= 15 is 0 Å². The van der Waals surface area contributed by atoms with E-state index in [9.17, 15) is 4.79 Å².